The van der Waals surface area contributed by atoms with Crippen LogP contribution in [0.5, 0.6) is 11.6 Å². The van der Waals surface area contributed by atoms with Gasteiger partial charge in [-0.1, -0.05) is 18.2 Å². The highest BCUT2D eigenvalue weighted by Gasteiger charge is 2.43. The van der Waals surface area contributed by atoms with E-state index in [0.717, 1.165) is 5.39 Å². The number of rotatable bonds is 5. The van der Waals surface area contributed by atoms with Gasteiger partial charge in [0.1, 0.15) is 5.75 Å². The Balaban J connectivity index is 1.98. The molecule has 1 N–H and O–H groups in total. The molecule has 1 aromatic heterocycles. The van der Waals surface area contributed by atoms with Crippen LogP contribution in [0.3, 0.4) is 0 Å². The lowest BCUT2D eigenvalue weighted by Crippen LogP contribution is -2.26. The van der Waals surface area contributed by atoms with Crippen LogP contribution in [0.1, 0.15) is 11.7 Å². The summed E-state index contributed by atoms with van der Waals surface area (Å²) in [5, 5.41) is 1.39. The van der Waals surface area contributed by atoms with Gasteiger partial charge in [-0.05, 0) is 29.0 Å². The van der Waals surface area contributed by atoms with E-state index in [1.807, 2.05) is 0 Å². The van der Waals surface area contributed by atoms with Crippen molar-refractivity contribution in [3.8, 4) is 11.6 Å². The van der Waals surface area contributed by atoms with Gasteiger partial charge in [0.2, 0.25) is 17.9 Å². The lowest BCUT2D eigenvalue weighted by atomic mass is 10.0. The molecule has 0 bridgehead atoms. The predicted molar refractivity (Wildman–Crippen MR) is 91.4 cm³/mol. The van der Waals surface area contributed by atoms with Crippen LogP contribution in [-0.4, -0.2) is 23.3 Å². The summed E-state index contributed by atoms with van der Waals surface area (Å²) in [5.41, 5.74) is -0.0471. The van der Waals surface area contributed by atoms with Crippen LogP contribution in [0.2, 0.25) is 0 Å². The summed E-state index contributed by atoms with van der Waals surface area (Å²) in [6.07, 6.45) is -5.58. The lowest BCUT2D eigenvalue weighted by Gasteiger charge is -2.22. The number of alkyl halides is 3. The van der Waals surface area contributed by atoms with E-state index in [-0.39, 0.29) is 17.4 Å². The van der Waals surface area contributed by atoms with Gasteiger partial charge < -0.3 is 9.47 Å². The molecule has 0 saturated carbocycles. The van der Waals surface area contributed by atoms with E-state index >= 15 is 0 Å². The Morgan fingerprint density at radius 3 is 2.50 bits per heavy atom. The van der Waals surface area contributed by atoms with E-state index in [9.17, 15) is 13.2 Å². The Morgan fingerprint density at radius 1 is 1.08 bits per heavy atom. The number of fused-ring (bicyclic) bond motifs is 1. The summed E-state index contributed by atoms with van der Waals surface area (Å²) in [5.74, 6) is 0.312. The molecule has 136 valence electrons. The molecule has 2 aromatic carbocycles. The molecule has 3 aromatic rings. The zero-order valence-electron chi connectivity index (χ0n) is 13.4. The molecule has 0 amide bonds. The van der Waals surface area contributed by atoms with Crippen molar-refractivity contribution < 1.29 is 22.6 Å². The largest absolute Gasteiger partial charge is 0.497 e. The Hall–Kier alpha value is -2.74. The van der Waals surface area contributed by atoms with Crippen molar-refractivity contribution >= 4 is 28.5 Å². The van der Waals surface area contributed by atoms with Crippen molar-refractivity contribution in [1.29, 1.82) is 0 Å². The molecule has 0 saturated heterocycles. The predicted octanol–water partition coefficient (Wildman–Crippen LogP) is 4.89. The summed E-state index contributed by atoms with van der Waals surface area (Å²) in [6, 6.07) is 10.7. The minimum atomic E-state index is -4.64. The van der Waals surface area contributed by atoms with Crippen molar-refractivity contribution in [3.05, 3.63) is 54.2 Å². The van der Waals surface area contributed by atoms with Crippen LogP contribution < -0.4 is 14.3 Å². The molecule has 9 heteroatoms. The highest BCUT2D eigenvalue weighted by Crippen LogP contribution is 2.37. The summed E-state index contributed by atoms with van der Waals surface area (Å²) >= 11 is 5.37. The van der Waals surface area contributed by atoms with Gasteiger partial charge in [-0.3, -0.25) is 4.84 Å². The third-order valence-corrected chi connectivity index (χ3v) is 3.79. The molecule has 0 aliphatic carbocycles. The Kier molecular flexibility index (Phi) is 5.03. The highest BCUT2D eigenvalue weighted by molar-refractivity contribution is 6.23. The second-order valence-electron chi connectivity index (χ2n) is 5.32. The second kappa shape index (κ2) is 7.25. The number of hydrogen-bond acceptors (Lipinski definition) is 5. The van der Waals surface area contributed by atoms with Crippen molar-refractivity contribution in [3.63, 3.8) is 0 Å². The average molecular weight is 384 g/mol. The first-order chi connectivity index (χ1) is 12.4. The fraction of sp³-hybridized carbons (Fsp3) is 0.176. The third-order valence-electron chi connectivity index (χ3n) is 3.62. The smallest absolute Gasteiger partial charge is 0.429 e. The monoisotopic (exact) mass is 383 g/mol. The number of benzene rings is 2. The normalized spacial score (nSPS) is 12.7. The molecule has 0 spiro atoms. The maximum absolute atomic E-state index is 13.6. The van der Waals surface area contributed by atoms with Crippen molar-refractivity contribution in [2.45, 2.75) is 12.3 Å². The van der Waals surface area contributed by atoms with Crippen molar-refractivity contribution in [1.82, 2.24) is 9.97 Å². The van der Waals surface area contributed by atoms with E-state index < -0.39 is 12.3 Å². The SMILES string of the molecule is COc1ccc2cc(C(Oc3ccnc(NCl)n3)C(F)(F)F)ccc2c1. The number of methoxy groups -OCH3 is 1. The molecule has 3 rings (SSSR count). The zero-order valence-corrected chi connectivity index (χ0v) is 14.2. The first kappa shape index (κ1) is 18.1. The van der Waals surface area contributed by atoms with E-state index in [1.165, 1.54) is 31.5 Å². The van der Waals surface area contributed by atoms with Crippen LogP contribution in [0, 0.1) is 0 Å². The lowest BCUT2D eigenvalue weighted by molar-refractivity contribution is -0.198. The second-order valence-corrected chi connectivity index (χ2v) is 5.51. The zero-order chi connectivity index (χ0) is 18.7. The molecule has 1 heterocycles. The van der Waals surface area contributed by atoms with Crippen molar-refractivity contribution in [2.75, 3.05) is 11.9 Å². The van der Waals surface area contributed by atoms with Crippen LogP contribution in [0.4, 0.5) is 19.1 Å². The minimum absolute atomic E-state index is 0.0471. The molecular weight excluding hydrogens is 371 g/mol. The maximum Gasteiger partial charge on any atom is 0.429 e. The summed E-state index contributed by atoms with van der Waals surface area (Å²) in [7, 11) is 1.52. The average Bonchev–Trinajstić information content (AvgIpc) is 2.64. The fourth-order valence-electron chi connectivity index (χ4n) is 2.43. The first-order valence-corrected chi connectivity index (χ1v) is 7.79. The molecule has 26 heavy (non-hydrogen) atoms. The number of halogens is 4. The molecular formula is C17H13ClF3N3O2. The van der Waals surface area contributed by atoms with Gasteiger partial charge >= 0.3 is 6.18 Å². The van der Waals surface area contributed by atoms with E-state index in [1.54, 1.807) is 24.3 Å². The van der Waals surface area contributed by atoms with Gasteiger partial charge in [-0.2, -0.15) is 18.2 Å². The van der Waals surface area contributed by atoms with E-state index in [2.05, 4.69) is 14.8 Å². The van der Waals surface area contributed by atoms with Gasteiger partial charge in [-0.25, -0.2) is 4.98 Å². The van der Waals surface area contributed by atoms with Gasteiger partial charge in [-0.15, -0.1) is 0 Å². The maximum atomic E-state index is 13.6. The quantitative estimate of drug-likeness (QED) is 0.636. The Labute approximate surface area is 151 Å². The van der Waals surface area contributed by atoms with Crippen LogP contribution >= 0.6 is 11.8 Å². The number of anilines is 1. The van der Waals surface area contributed by atoms with Gasteiger partial charge in [0.15, 0.2) is 0 Å². The first-order valence-electron chi connectivity index (χ1n) is 7.41. The molecule has 1 atom stereocenters. The summed E-state index contributed by atoms with van der Waals surface area (Å²) < 4.78 is 50.9. The fourth-order valence-corrected chi connectivity index (χ4v) is 2.52. The minimum Gasteiger partial charge on any atom is -0.497 e. The van der Waals surface area contributed by atoms with E-state index in [4.69, 9.17) is 21.3 Å². The Bertz CT molecular complexity index is 921. The Morgan fingerprint density at radius 2 is 1.81 bits per heavy atom. The van der Waals surface area contributed by atoms with Crippen molar-refractivity contribution in [2.24, 2.45) is 0 Å². The molecule has 5 nitrogen and oxygen atoms in total. The standard InChI is InChI=1S/C17H13ClF3N3O2/c1-25-13-5-4-10-8-12(3-2-11(10)9-13)15(17(19,20)21)26-14-6-7-22-16(23-14)24-18/h2-9,15H,1H3,(H,22,23,24). The van der Waals surface area contributed by atoms with Gasteiger partial charge in [0, 0.05) is 29.6 Å². The summed E-state index contributed by atoms with van der Waals surface area (Å²) in [6.45, 7) is 0. The highest BCUT2D eigenvalue weighted by atomic mass is 35.5. The molecule has 0 radical (unpaired) electrons. The molecule has 0 fully saturated rings. The van der Waals surface area contributed by atoms with Gasteiger partial charge in [0.05, 0.1) is 7.11 Å². The number of ether oxygens (including phenoxy) is 2. The molecule has 0 aliphatic heterocycles. The van der Waals surface area contributed by atoms with Gasteiger partial charge in [0.25, 0.3) is 0 Å². The van der Waals surface area contributed by atoms with Crippen LogP contribution in [0.15, 0.2) is 48.7 Å². The van der Waals surface area contributed by atoms with E-state index in [0.29, 0.717) is 11.1 Å². The molecule has 0 aliphatic rings. The third kappa shape index (κ3) is 3.91. The van der Waals surface area contributed by atoms with Crippen LogP contribution in [-0.2, 0) is 0 Å². The number of nitrogens with zero attached hydrogens (tertiary/aromatic N) is 2. The number of aromatic nitrogens is 2. The molecule has 1 unspecified atom stereocenters. The number of hydrogen-bond donors (Lipinski definition) is 1. The summed E-state index contributed by atoms with van der Waals surface area (Å²) in [4.78, 5) is 9.62. The topological polar surface area (TPSA) is 56.3 Å². The number of nitrogens with one attached hydrogen (secondary N) is 1. The van der Waals surface area contributed by atoms with Crippen LogP contribution in [0.25, 0.3) is 10.8 Å².